The monoisotopic (exact) mass is 295 g/mol. The van der Waals surface area contributed by atoms with E-state index < -0.39 is 5.60 Å². The van der Waals surface area contributed by atoms with E-state index in [4.69, 9.17) is 4.52 Å². The fourth-order valence-corrected chi connectivity index (χ4v) is 2.76. The molecule has 21 heavy (non-hydrogen) atoms. The topological polar surface area (TPSA) is 95.7 Å². The van der Waals surface area contributed by atoms with Gasteiger partial charge < -0.3 is 19.8 Å². The van der Waals surface area contributed by atoms with Crippen molar-refractivity contribution in [1.82, 2.24) is 15.4 Å². The van der Waals surface area contributed by atoms with Crippen LogP contribution in [0.15, 0.2) is 4.52 Å². The van der Waals surface area contributed by atoms with Gasteiger partial charge in [0, 0.05) is 13.6 Å². The fraction of sp³-hybridized carbons (Fsp3) is 0.643. The van der Waals surface area contributed by atoms with Gasteiger partial charge >= 0.3 is 0 Å². The first kappa shape index (κ1) is 15.5. The van der Waals surface area contributed by atoms with Crippen molar-refractivity contribution in [3.63, 3.8) is 0 Å². The van der Waals surface area contributed by atoms with Gasteiger partial charge in [0.25, 0.3) is 5.91 Å². The Morgan fingerprint density at radius 2 is 2.19 bits per heavy atom. The zero-order valence-corrected chi connectivity index (χ0v) is 12.6. The quantitative estimate of drug-likeness (QED) is 0.841. The van der Waals surface area contributed by atoms with Crippen molar-refractivity contribution in [2.24, 2.45) is 0 Å². The molecule has 1 aliphatic rings. The molecular formula is C14H21N3O4. The van der Waals surface area contributed by atoms with Gasteiger partial charge in [0.05, 0.1) is 24.3 Å². The molecule has 1 fully saturated rings. The van der Waals surface area contributed by atoms with E-state index >= 15 is 0 Å². The van der Waals surface area contributed by atoms with Crippen molar-refractivity contribution in [3.05, 3.63) is 17.0 Å². The third kappa shape index (κ3) is 3.24. The number of likely N-dealkylation sites (tertiary alicyclic amines) is 1. The van der Waals surface area contributed by atoms with E-state index in [0.29, 0.717) is 36.4 Å². The minimum absolute atomic E-state index is 0.00508. The van der Waals surface area contributed by atoms with Crippen molar-refractivity contribution >= 4 is 11.8 Å². The SMILES string of the molecule is CNC(=O)CC1(O)CCCN(C(=O)c2c(C)noc2C)C1. The van der Waals surface area contributed by atoms with Crippen LogP contribution in [-0.4, -0.2) is 52.7 Å². The molecule has 1 aromatic heterocycles. The van der Waals surface area contributed by atoms with Crippen molar-refractivity contribution < 1.29 is 19.2 Å². The average Bonchev–Trinajstić information content (AvgIpc) is 2.77. The number of piperidine rings is 1. The molecule has 0 radical (unpaired) electrons. The largest absolute Gasteiger partial charge is 0.388 e. The number of β-amino-alcohol motifs (C(OH)–C–C–N with tert-alkyl or cyclic N) is 1. The second kappa shape index (κ2) is 5.85. The number of nitrogens with one attached hydrogen (secondary N) is 1. The van der Waals surface area contributed by atoms with Crippen molar-refractivity contribution in [1.29, 1.82) is 0 Å². The lowest BCUT2D eigenvalue weighted by atomic mass is 9.89. The Morgan fingerprint density at radius 1 is 1.48 bits per heavy atom. The number of aliphatic hydroxyl groups is 1. The minimum Gasteiger partial charge on any atom is -0.388 e. The zero-order chi connectivity index (χ0) is 15.6. The second-order valence-electron chi connectivity index (χ2n) is 5.60. The lowest BCUT2D eigenvalue weighted by Gasteiger charge is -2.38. The van der Waals surface area contributed by atoms with Crippen LogP contribution in [-0.2, 0) is 4.79 Å². The van der Waals surface area contributed by atoms with Gasteiger partial charge in [-0.3, -0.25) is 9.59 Å². The second-order valence-corrected chi connectivity index (χ2v) is 5.60. The third-order valence-corrected chi connectivity index (χ3v) is 3.86. The van der Waals surface area contributed by atoms with Crippen LogP contribution in [0.1, 0.15) is 41.1 Å². The number of aromatic nitrogens is 1. The molecule has 0 aromatic carbocycles. The molecule has 2 rings (SSSR count). The normalized spacial score (nSPS) is 22.2. The molecule has 1 unspecified atom stereocenters. The predicted octanol–water partition coefficient (Wildman–Crippen LogP) is 0.395. The number of carbonyl (C=O) groups excluding carboxylic acids is 2. The fourth-order valence-electron chi connectivity index (χ4n) is 2.76. The highest BCUT2D eigenvalue weighted by atomic mass is 16.5. The first-order valence-corrected chi connectivity index (χ1v) is 7.01. The minimum atomic E-state index is -1.17. The van der Waals surface area contributed by atoms with Crippen molar-refractivity contribution in [2.45, 2.75) is 38.7 Å². The predicted molar refractivity (Wildman–Crippen MR) is 74.7 cm³/mol. The summed E-state index contributed by atoms with van der Waals surface area (Å²) in [6.07, 6.45) is 1.16. The van der Waals surface area contributed by atoms with E-state index in [1.165, 1.54) is 7.05 Å². The summed E-state index contributed by atoms with van der Waals surface area (Å²) >= 11 is 0. The maximum atomic E-state index is 12.6. The summed E-state index contributed by atoms with van der Waals surface area (Å²) in [5.74, 6) is 0.0309. The number of aryl methyl sites for hydroxylation is 2. The zero-order valence-electron chi connectivity index (χ0n) is 12.6. The molecule has 2 amide bonds. The van der Waals surface area contributed by atoms with Crippen LogP contribution in [0.25, 0.3) is 0 Å². The molecule has 2 N–H and O–H groups in total. The van der Waals surface area contributed by atoms with Gasteiger partial charge in [0.1, 0.15) is 11.3 Å². The van der Waals surface area contributed by atoms with Gasteiger partial charge in [-0.05, 0) is 26.7 Å². The van der Waals surface area contributed by atoms with Gasteiger partial charge in [-0.1, -0.05) is 5.16 Å². The average molecular weight is 295 g/mol. The maximum absolute atomic E-state index is 12.6. The Labute approximate surface area is 123 Å². The van der Waals surface area contributed by atoms with Crippen LogP contribution in [0.5, 0.6) is 0 Å². The summed E-state index contributed by atoms with van der Waals surface area (Å²) in [7, 11) is 1.53. The van der Waals surface area contributed by atoms with Gasteiger partial charge in [0.15, 0.2) is 0 Å². The molecule has 116 valence electrons. The van der Waals surface area contributed by atoms with E-state index in [0.717, 1.165) is 0 Å². The molecule has 1 atom stereocenters. The lowest BCUT2D eigenvalue weighted by molar-refractivity contribution is -0.127. The van der Waals surface area contributed by atoms with Gasteiger partial charge in [-0.25, -0.2) is 0 Å². The molecule has 7 nitrogen and oxygen atoms in total. The molecule has 7 heteroatoms. The Hall–Kier alpha value is -1.89. The molecule has 1 aromatic rings. The number of carbonyl (C=O) groups is 2. The summed E-state index contributed by atoms with van der Waals surface area (Å²) < 4.78 is 5.02. The highest BCUT2D eigenvalue weighted by Crippen LogP contribution is 2.26. The summed E-state index contributed by atoms with van der Waals surface area (Å²) in [6.45, 7) is 4.10. The standard InChI is InChI=1S/C14H21N3O4/c1-9-12(10(2)21-16-9)13(19)17-6-4-5-14(20,8-17)7-11(18)15-3/h20H,4-8H2,1-3H3,(H,15,18). The molecule has 0 bridgehead atoms. The molecular weight excluding hydrogens is 274 g/mol. The van der Waals surface area contributed by atoms with E-state index in [1.807, 2.05) is 0 Å². The van der Waals surface area contributed by atoms with Crippen molar-refractivity contribution in [3.8, 4) is 0 Å². The Balaban J connectivity index is 2.14. The Kier molecular flexibility index (Phi) is 4.32. The number of hydrogen-bond acceptors (Lipinski definition) is 5. The third-order valence-electron chi connectivity index (χ3n) is 3.86. The summed E-state index contributed by atoms with van der Waals surface area (Å²) in [5, 5.41) is 16.8. The highest BCUT2D eigenvalue weighted by Gasteiger charge is 2.38. The molecule has 0 spiro atoms. The molecule has 2 heterocycles. The molecule has 0 aliphatic carbocycles. The Bertz CT molecular complexity index is 535. The Morgan fingerprint density at radius 3 is 2.76 bits per heavy atom. The van der Waals surface area contributed by atoms with E-state index in [2.05, 4.69) is 10.5 Å². The summed E-state index contributed by atoms with van der Waals surface area (Å²) in [5.41, 5.74) is -0.190. The van der Waals surface area contributed by atoms with Crippen LogP contribution in [0.4, 0.5) is 0 Å². The number of nitrogens with zero attached hydrogens (tertiary/aromatic N) is 2. The number of rotatable bonds is 3. The summed E-state index contributed by atoms with van der Waals surface area (Å²) in [6, 6.07) is 0. The highest BCUT2D eigenvalue weighted by molar-refractivity contribution is 5.96. The van der Waals surface area contributed by atoms with Gasteiger partial charge in [0.2, 0.25) is 5.91 Å². The molecule has 1 aliphatic heterocycles. The maximum Gasteiger partial charge on any atom is 0.259 e. The summed E-state index contributed by atoms with van der Waals surface area (Å²) in [4.78, 5) is 25.6. The van der Waals surface area contributed by atoms with Crippen LogP contribution in [0, 0.1) is 13.8 Å². The first-order valence-electron chi connectivity index (χ1n) is 7.01. The molecule has 0 saturated carbocycles. The van der Waals surface area contributed by atoms with E-state index in [-0.39, 0.29) is 24.8 Å². The van der Waals surface area contributed by atoms with Gasteiger partial charge in [-0.2, -0.15) is 0 Å². The molecule has 1 saturated heterocycles. The van der Waals surface area contributed by atoms with Crippen LogP contribution in [0.2, 0.25) is 0 Å². The van der Waals surface area contributed by atoms with Gasteiger partial charge in [-0.15, -0.1) is 0 Å². The van der Waals surface area contributed by atoms with E-state index in [9.17, 15) is 14.7 Å². The number of amides is 2. The first-order chi connectivity index (χ1) is 9.86. The van der Waals surface area contributed by atoms with Crippen LogP contribution >= 0.6 is 0 Å². The van der Waals surface area contributed by atoms with E-state index in [1.54, 1.807) is 18.7 Å². The van der Waals surface area contributed by atoms with Crippen LogP contribution < -0.4 is 5.32 Å². The lowest BCUT2D eigenvalue weighted by Crippen LogP contribution is -2.52. The smallest absolute Gasteiger partial charge is 0.259 e. The van der Waals surface area contributed by atoms with Crippen molar-refractivity contribution in [2.75, 3.05) is 20.1 Å². The van der Waals surface area contributed by atoms with Crippen LogP contribution in [0.3, 0.4) is 0 Å². The number of hydrogen-bond donors (Lipinski definition) is 2.